The number of aryl methyl sites for hydroxylation is 2. The van der Waals surface area contributed by atoms with Crippen LogP contribution in [0, 0.1) is 0 Å². The molecule has 2 aliphatic heterocycles. The lowest BCUT2D eigenvalue weighted by Crippen LogP contribution is -2.41. The van der Waals surface area contributed by atoms with Crippen LogP contribution in [0.15, 0.2) is 41.5 Å². The first-order valence-electron chi connectivity index (χ1n) is 15.6. The Kier molecular flexibility index (Phi) is 7.31. The van der Waals surface area contributed by atoms with Gasteiger partial charge in [0.25, 0.3) is 11.5 Å². The zero-order chi connectivity index (χ0) is 31.4. The number of esters is 1. The summed E-state index contributed by atoms with van der Waals surface area (Å²) < 4.78 is 11.2. The Balaban J connectivity index is 1.27. The predicted octanol–water partition coefficient (Wildman–Crippen LogP) is 3.80. The van der Waals surface area contributed by atoms with Crippen molar-refractivity contribution in [3.63, 3.8) is 0 Å². The lowest BCUT2D eigenvalue weighted by Gasteiger charge is -2.31. The van der Waals surface area contributed by atoms with Gasteiger partial charge in [-0.05, 0) is 69.0 Å². The first-order valence-corrected chi connectivity index (χ1v) is 15.6. The second-order valence-electron chi connectivity index (χ2n) is 12.3. The highest BCUT2D eigenvalue weighted by molar-refractivity contribution is 6.06. The van der Waals surface area contributed by atoms with Crippen molar-refractivity contribution >= 4 is 29.2 Å². The number of hydrogen-bond acceptors (Lipinski definition) is 8. The summed E-state index contributed by atoms with van der Waals surface area (Å²) in [4.78, 5) is 47.8. The highest BCUT2D eigenvalue weighted by Crippen LogP contribution is 2.35. The molecule has 45 heavy (non-hydrogen) atoms. The van der Waals surface area contributed by atoms with Crippen molar-refractivity contribution < 1.29 is 14.3 Å². The second kappa shape index (κ2) is 11.3. The van der Waals surface area contributed by atoms with E-state index in [0.717, 1.165) is 44.5 Å². The second-order valence-corrected chi connectivity index (χ2v) is 12.3. The normalized spacial score (nSPS) is 17.9. The van der Waals surface area contributed by atoms with Gasteiger partial charge in [-0.25, -0.2) is 4.98 Å². The van der Waals surface area contributed by atoms with Gasteiger partial charge in [-0.2, -0.15) is 5.10 Å². The number of carbonyl (C=O) groups excluding carboxylic acids is 2. The van der Waals surface area contributed by atoms with Crippen LogP contribution < -0.4 is 15.8 Å². The van der Waals surface area contributed by atoms with Crippen molar-refractivity contribution in [3.8, 4) is 11.1 Å². The van der Waals surface area contributed by atoms with Crippen LogP contribution in [0.25, 0.3) is 11.1 Å². The van der Waals surface area contributed by atoms with Gasteiger partial charge in [0, 0.05) is 74.9 Å². The van der Waals surface area contributed by atoms with E-state index in [2.05, 4.69) is 33.7 Å². The summed E-state index contributed by atoms with van der Waals surface area (Å²) >= 11 is 0. The number of fused-ring (bicyclic) bond motifs is 4. The third-order valence-electron chi connectivity index (χ3n) is 9.45. The van der Waals surface area contributed by atoms with Gasteiger partial charge in [0.1, 0.15) is 23.8 Å². The number of pyridine rings is 2. The molecule has 0 aromatic carbocycles. The molecule has 4 aromatic heterocycles. The Morgan fingerprint density at radius 3 is 2.71 bits per heavy atom. The molecule has 1 aliphatic carbocycles. The summed E-state index contributed by atoms with van der Waals surface area (Å²) in [5.74, 6) is 0.499. The molecule has 234 valence electrons. The molecule has 0 saturated heterocycles. The molecule has 0 spiro atoms. The molecule has 1 unspecified atom stereocenters. The van der Waals surface area contributed by atoms with Gasteiger partial charge in [-0.1, -0.05) is 0 Å². The summed E-state index contributed by atoms with van der Waals surface area (Å²) in [7, 11) is 3.79. The highest BCUT2D eigenvalue weighted by Gasteiger charge is 2.33. The van der Waals surface area contributed by atoms with Crippen molar-refractivity contribution in [2.75, 3.05) is 30.4 Å². The number of ether oxygens (including phenoxy) is 1. The molecule has 1 atom stereocenters. The van der Waals surface area contributed by atoms with Gasteiger partial charge in [0.05, 0.1) is 12.2 Å². The minimum atomic E-state index is -0.436. The van der Waals surface area contributed by atoms with E-state index >= 15 is 0 Å². The van der Waals surface area contributed by atoms with Crippen LogP contribution in [0.2, 0.25) is 0 Å². The number of carbonyl (C=O) groups is 2. The molecule has 12 nitrogen and oxygen atoms in total. The molecule has 0 bridgehead atoms. The minimum Gasteiger partial charge on any atom is -0.461 e. The average Bonchev–Trinajstić information content (AvgIpc) is 3.62. The zero-order valence-electron chi connectivity index (χ0n) is 26.2. The van der Waals surface area contributed by atoms with Crippen LogP contribution in [-0.4, -0.2) is 60.8 Å². The summed E-state index contributed by atoms with van der Waals surface area (Å²) in [6.45, 7) is 6.23. The average molecular weight is 611 g/mol. The van der Waals surface area contributed by atoms with E-state index in [9.17, 15) is 14.4 Å². The Labute approximate surface area is 261 Å². The highest BCUT2D eigenvalue weighted by atomic mass is 16.5. The number of likely N-dealkylation sites (N-methyl/N-ethyl adjacent to an activating group) is 1. The third-order valence-corrected chi connectivity index (χ3v) is 9.45. The fourth-order valence-electron chi connectivity index (χ4n) is 6.91. The summed E-state index contributed by atoms with van der Waals surface area (Å²) in [6, 6.07) is 7.84. The number of amides is 1. The number of nitrogens with zero attached hydrogens (tertiary/aromatic N) is 7. The molecular formula is C33H38N8O4. The van der Waals surface area contributed by atoms with Crippen LogP contribution in [0.4, 0.5) is 17.3 Å². The van der Waals surface area contributed by atoms with Gasteiger partial charge in [-0.3, -0.25) is 28.9 Å². The van der Waals surface area contributed by atoms with Gasteiger partial charge in [-0.15, -0.1) is 0 Å². The van der Waals surface area contributed by atoms with Crippen molar-refractivity contribution in [1.82, 2.24) is 28.8 Å². The lowest BCUT2D eigenvalue weighted by molar-refractivity contribution is -0.142. The molecular weight excluding hydrogens is 572 g/mol. The summed E-state index contributed by atoms with van der Waals surface area (Å²) in [5.41, 5.74) is 6.48. The quantitative estimate of drug-likeness (QED) is 0.328. The minimum absolute atomic E-state index is 0.0695. The van der Waals surface area contributed by atoms with Crippen LogP contribution in [0.1, 0.15) is 65.7 Å². The molecule has 3 aliphatic rings. The summed E-state index contributed by atoms with van der Waals surface area (Å²) in [6.07, 6.45) is 7.67. The first-order chi connectivity index (χ1) is 21.7. The van der Waals surface area contributed by atoms with E-state index in [1.807, 2.05) is 22.9 Å². The van der Waals surface area contributed by atoms with Gasteiger partial charge in [0.15, 0.2) is 5.82 Å². The van der Waals surface area contributed by atoms with Crippen molar-refractivity contribution in [1.29, 1.82) is 0 Å². The smallest absolute Gasteiger partial charge is 0.302 e. The molecule has 1 amide bonds. The standard InChI is InChI=1S/C33H38N8O4/c1-20-28-17-30(36-41(28)14-11-37(20)3)35-26-15-23(18-38(4)32(26)43)24-9-10-34-31(25(24)19-45-21(2)42)40-13-12-39-27-8-6-5-7-22(27)16-29(39)33(40)44/h9-10,15-18,20H,5-8,11-14,19H2,1-4H3,(H,35,36). The van der Waals surface area contributed by atoms with E-state index in [4.69, 9.17) is 9.84 Å². The molecule has 0 saturated carbocycles. The molecule has 4 aromatic rings. The Bertz CT molecular complexity index is 1890. The Morgan fingerprint density at radius 2 is 1.89 bits per heavy atom. The van der Waals surface area contributed by atoms with E-state index < -0.39 is 5.97 Å². The maximum Gasteiger partial charge on any atom is 0.302 e. The van der Waals surface area contributed by atoms with E-state index in [-0.39, 0.29) is 24.1 Å². The molecule has 1 N–H and O–H groups in total. The van der Waals surface area contributed by atoms with Crippen LogP contribution in [0.5, 0.6) is 0 Å². The largest absolute Gasteiger partial charge is 0.461 e. The number of aromatic nitrogens is 5. The van der Waals surface area contributed by atoms with Gasteiger partial charge in [0.2, 0.25) is 0 Å². The van der Waals surface area contributed by atoms with Crippen molar-refractivity contribution in [2.24, 2.45) is 7.05 Å². The molecule has 6 heterocycles. The Morgan fingerprint density at radius 1 is 1.07 bits per heavy atom. The van der Waals surface area contributed by atoms with E-state index in [1.54, 1.807) is 30.4 Å². The lowest BCUT2D eigenvalue weighted by atomic mass is 9.98. The van der Waals surface area contributed by atoms with Crippen LogP contribution in [-0.2, 0) is 49.1 Å². The zero-order valence-corrected chi connectivity index (χ0v) is 26.2. The topological polar surface area (TPSA) is 120 Å². The van der Waals surface area contributed by atoms with Gasteiger partial charge >= 0.3 is 5.97 Å². The van der Waals surface area contributed by atoms with E-state index in [1.165, 1.54) is 22.7 Å². The summed E-state index contributed by atoms with van der Waals surface area (Å²) in [5, 5.41) is 7.97. The van der Waals surface area contributed by atoms with Crippen molar-refractivity contribution in [3.05, 3.63) is 75.2 Å². The van der Waals surface area contributed by atoms with Crippen LogP contribution >= 0.6 is 0 Å². The predicted molar refractivity (Wildman–Crippen MR) is 170 cm³/mol. The third kappa shape index (κ3) is 5.12. The number of nitrogens with one attached hydrogen (secondary N) is 1. The maximum absolute atomic E-state index is 13.9. The maximum atomic E-state index is 13.9. The molecule has 12 heteroatoms. The van der Waals surface area contributed by atoms with Crippen LogP contribution in [0.3, 0.4) is 0 Å². The van der Waals surface area contributed by atoms with E-state index in [0.29, 0.717) is 52.8 Å². The molecule has 0 fully saturated rings. The first kappa shape index (κ1) is 29.0. The number of rotatable bonds is 6. The number of hydrogen-bond donors (Lipinski definition) is 1. The fourth-order valence-corrected chi connectivity index (χ4v) is 6.91. The monoisotopic (exact) mass is 610 g/mol. The fraction of sp³-hybridized carbons (Fsp3) is 0.424. The van der Waals surface area contributed by atoms with Gasteiger partial charge < -0.3 is 19.2 Å². The molecule has 0 radical (unpaired) electrons. The Hall–Kier alpha value is -4.71. The SMILES string of the molecule is CC(=O)OCc1c(-c2cc(Nc3cc4n(n3)CCN(C)C4C)c(=O)n(C)c2)ccnc1N1CCn2c(cc3c2CCCC3)C1=O. The number of anilines is 3. The molecule has 7 rings (SSSR count). The van der Waals surface area contributed by atoms with Crippen molar-refractivity contribution in [2.45, 2.75) is 65.3 Å².